The predicted octanol–water partition coefficient (Wildman–Crippen LogP) is 4.50. The Kier molecular flexibility index (Phi) is 3.53. The third-order valence-electron chi connectivity index (χ3n) is 3.18. The Labute approximate surface area is 113 Å². The summed E-state index contributed by atoms with van der Waals surface area (Å²) in [6.45, 7) is 13.5. The van der Waals surface area contributed by atoms with Gasteiger partial charge in [-0.25, -0.2) is 0 Å². The monoisotopic (exact) mass is 282 g/mol. The molecule has 2 aliphatic rings. The van der Waals surface area contributed by atoms with Gasteiger partial charge in [0.2, 0.25) is 16.6 Å². The lowest BCUT2D eigenvalue weighted by molar-refractivity contribution is 0.143. The molecule has 0 aromatic heterocycles. The van der Waals surface area contributed by atoms with Crippen molar-refractivity contribution in [3.8, 4) is 0 Å². The topological polar surface area (TPSA) is 18.5 Å². The normalized spacial score (nSPS) is 27.7. The van der Waals surface area contributed by atoms with Gasteiger partial charge in [0.25, 0.3) is 0 Å². The smallest absolute Gasteiger partial charge is 0.241 e. The lowest BCUT2D eigenvalue weighted by Crippen LogP contribution is -2.42. The van der Waals surface area contributed by atoms with Crippen LogP contribution in [0.4, 0.5) is 0 Å². The van der Waals surface area contributed by atoms with E-state index in [1.807, 2.05) is 0 Å². The van der Waals surface area contributed by atoms with E-state index in [1.165, 1.54) is 11.5 Å². The molecule has 2 nitrogen and oxygen atoms in total. The van der Waals surface area contributed by atoms with Gasteiger partial charge in [0, 0.05) is 11.8 Å². The first-order valence-corrected chi connectivity index (χ1v) is 13.8. The minimum Gasteiger partial charge on any atom is -0.545 e. The summed E-state index contributed by atoms with van der Waals surface area (Å²) < 4.78 is 12.6. The molecule has 2 rings (SSSR count). The lowest BCUT2D eigenvalue weighted by atomic mass is 9.71. The van der Waals surface area contributed by atoms with E-state index >= 15 is 0 Å². The number of hydrogen-bond acceptors (Lipinski definition) is 2. The molecule has 0 fully saturated rings. The summed E-state index contributed by atoms with van der Waals surface area (Å²) >= 11 is 0. The molecule has 0 aromatic carbocycles. The van der Waals surface area contributed by atoms with Crippen molar-refractivity contribution < 1.29 is 8.85 Å². The second kappa shape index (κ2) is 4.56. The molecule has 0 bridgehead atoms. The van der Waals surface area contributed by atoms with E-state index in [0.29, 0.717) is 11.8 Å². The third kappa shape index (κ3) is 3.09. The van der Waals surface area contributed by atoms with Gasteiger partial charge in [-0.3, -0.25) is 0 Å². The highest BCUT2D eigenvalue weighted by Crippen LogP contribution is 2.50. The standard InChI is InChI=1S/C14H26O2Si2/c1-17(2,3)15-13-11-9-7-8-10-12(11)14(13)16-18(4,5)6/h7-8,11-12H,9-10H2,1-6H3/t11-,12+. The van der Waals surface area contributed by atoms with E-state index in [9.17, 15) is 0 Å². The van der Waals surface area contributed by atoms with Gasteiger partial charge in [-0.15, -0.1) is 0 Å². The maximum absolute atomic E-state index is 6.28. The molecule has 0 aliphatic heterocycles. The van der Waals surface area contributed by atoms with Crippen molar-refractivity contribution in [3.05, 3.63) is 23.7 Å². The zero-order chi connectivity index (χ0) is 13.6. The summed E-state index contributed by atoms with van der Waals surface area (Å²) in [4.78, 5) is 0. The molecule has 0 unspecified atom stereocenters. The van der Waals surface area contributed by atoms with Crippen LogP contribution in [0.2, 0.25) is 39.3 Å². The molecule has 0 aromatic rings. The van der Waals surface area contributed by atoms with Crippen molar-refractivity contribution in [3.63, 3.8) is 0 Å². The molecule has 0 spiro atoms. The van der Waals surface area contributed by atoms with Gasteiger partial charge in [0.15, 0.2) is 0 Å². The number of fused-ring (bicyclic) bond motifs is 1. The molecule has 0 amide bonds. The molecule has 2 atom stereocenters. The van der Waals surface area contributed by atoms with Crippen molar-refractivity contribution in [2.45, 2.75) is 52.1 Å². The van der Waals surface area contributed by atoms with Gasteiger partial charge in [-0.05, 0) is 52.1 Å². The SMILES string of the molecule is C[Si](C)(C)OC1=C(O[Si](C)(C)C)[C@@H]2CC=CC[C@H]12. The second-order valence-corrected chi connectivity index (χ2v) is 16.2. The van der Waals surface area contributed by atoms with Crippen LogP contribution in [0.3, 0.4) is 0 Å². The Morgan fingerprint density at radius 2 is 1.11 bits per heavy atom. The van der Waals surface area contributed by atoms with E-state index in [-0.39, 0.29) is 0 Å². The maximum Gasteiger partial charge on any atom is 0.241 e. The summed E-state index contributed by atoms with van der Waals surface area (Å²) in [7, 11) is -3.06. The molecule has 18 heavy (non-hydrogen) atoms. The highest BCUT2D eigenvalue weighted by Gasteiger charge is 2.46. The molecular formula is C14H26O2Si2. The van der Waals surface area contributed by atoms with Gasteiger partial charge >= 0.3 is 0 Å². The first kappa shape index (κ1) is 13.9. The van der Waals surface area contributed by atoms with Crippen LogP contribution in [-0.4, -0.2) is 16.6 Å². The minimum absolute atomic E-state index is 0.591. The van der Waals surface area contributed by atoms with Gasteiger partial charge < -0.3 is 8.85 Å². The van der Waals surface area contributed by atoms with Gasteiger partial charge in [0.05, 0.1) is 0 Å². The van der Waals surface area contributed by atoms with Gasteiger partial charge in [-0.2, -0.15) is 0 Å². The van der Waals surface area contributed by atoms with Crippen molar-refractivity contribution in [1.29, 1.82) is 0 Å². The third-order valence-corrected chi connectivity index (χ3v) is 4.85. The van der Waals surface area contributed by atoms with Crippen molar-refractivity contribution >= 4 is 16.6 Å². The van der Waals surface area contributed by atoms with Crippen LogP contribution in [0, 0.1) is 11.8 Å². The molecule has 102 valence electrons. The van der Waals surface area contributed by atoms with E-state index in [0.717, 1.165) is 12.8 Å². The molecule has 0 radical (unpaired) electrons. The molecular weight excluding hydrogens is 256 g/mol. The summed E-state index contributed by atoms with van der Waals surface area (Å²) in [6.07, 6.45) is 6.84. The van der Waals surface area contributed by atoms with Crippen LogP contribution in [0.5, 0.6) is 0 Å². The maximum atomic E-state index is 6.28. The summed E-state index contributed by atoms with van der Waals surface area (Å²) in [5.41, 5.74) is 0. The van der Waals surface area contributed by atoms with Crippen molar-refractivity contribution in [2.24, 2.45) is 11.8 Å². The summed E-state index contributed by atoms with van der Waals surface area (Å²) in [5.74, 6) is 3.55. The van der Waals surface area contributed by atoms with Crippen LogP contribution < -0.4 is 0 Å². The van der Waals surface area contributed by atoms with Crippen molar-refractivity contribution in [2.75, 3.05) is 0 Å². The quantitative estimate of drug-likeness (QED) is 0.558. The lowest BCUT2D eigenvalue weighted by Gasteiger charge is -2.46. The zero-order valence-electron chi connectivity index (χ0n) is 12.5. The number of allylic oxidation sites excluding steroid dienone is 4. The average Bonchev–Trinajstić information content (AvgIpc) is 2.21. The van der Waals surface area contributed by atoms with E-state index < -0.39 is 16.6 Å². The highest BCUT2D eigenvalue weighted by molar-refractivity contribution is 6.70. The Morgan fingerprint density at radius 1 is 0.778 bits per heavy atom. The van der Waals surface area contributed by atoms with Gasteiger partial charge in [-0.1, -0.05) is 12.2 Å². The van der Waals surface area contributed by atoms with Crippen LogP contribution in [-0.2, 0) is 8.85 Å². The largest absolute Gasteiger partial charge is 0.545 e. The first-order valence-electron chi connectivity index (χ1n) is 6.94. The summed E-state index contributed by atoms with van der Waals surface area (Å²) in [6, 6.07) is 0. The van der Waals surface area contributed by atoms with E-state index in [1.54, 1.807) is 0 Å². The molecule has 0 saturated heterocycles. The Bertz CT molecular complexity index is 350. The van der Waals surface area contributed by atoms with Gasteiger partial charge in [0.1, 0.15) is 11.5 Å². The van der Waals surface area contributed by atoms with Crippen LogP contribution in [0.25, 0.3) is 0 Å². The molecule has 2 aliphatic carbocycles. The molecule has 4 heteroatoms. The van der Waals surface area contributed by atoms with Crippen molar-refractivity contribution in [1.82, 2.24) is 0 Å². The Morgan fingerprint density at radius 3 is 1.39 bits per heavy atom. The second-order valence-electron chi connectivity index (χ2n) is 7.31. The predicted molar refractivity (Wildman–Crippen MR) is 81.2 cm³/mol. The zero-order valence-corrected chi connectivity index (χ0v) is 14.5. The fraction of sp³-hybridized carbons (Fsp3) is 0.714. The number of rotatable bonds is 4. The molecule has 0 heterocycles. The number of hydrogen-bond donors (Lipinski definition) is 0. The van der Waals surface area contributed by atoms with Crippen LogP contribution in [0.15, 0.2) is 23.7 Å². The average molecular weight is 283 g/mol. The van der Waals surface area contributed by atoms with E-state index in [2.05, 4.69) is 51.4 Å². The molecule has 0 N–H and O–H groups in total. The van der Waals surface area contributed by atoms with Crippen LogP contribution >= 0.6 is 0 Å². The first-order chi connectivity index (χ1) is 8.17. The van der Waals surface area contributed by atoms with E-state index in [4.69, 9.17) is 8.85 Å². The highest BCUT2D eigenvalue weighted by atomic mass is 28.4. The Hall–Kier alpha value is -0.486. The Balaban J connectivity index is 2.20. The molecule has 0 saturated carbocycles. The minimum atomic E-state index is -1.53. The summed E-state index contributed by atoms with van der Waals surface area (Å²) in [5, 5.41) is 0. The fourth-order valence-corrected chi connectivity index (χ4v) is 4.40. The fourth-order valence-electron chi connectivity index (χ4n) is 2.57. The van der Waals surface area contributed by atoms with Crippen LogP contribution in [0.1, 0.15) is 12.8 Å².